The van der Waals surface area contributed by atoms with Crippen molar-refractivity contribution in [1.82, 2.24) is 0 Å². The number of benzene rings is 2. The van der Waals surface area contributed by atoms with Crippen molar-refractivity contribution in [1.29, 1.82) is 0 Å². The van der Waals surface area contributed by atoms with Gasteiger partial charge in [-0.1, -0.05) is 36.4 Å². The zero-order valence-corrected chi connectivity index (χ0v) is 10.4. The second-order valence-electron chi connectivity index (χ2n) is 2.94. The third-order valence-corrected chi connectivity index (χ3v) is 1.51. The minimum absolute atomic E-state index is 0.322. The molecule has 0 aliphatic rings. The van der Waals surface area contributed by atoms with Gasteiger partial charge in [0, 0.05) is 0 Å². The first-order chi connectivity index (χ1) is 8.52. The molecule has 18 heavy (non-hydrogen) atoms. The summed E-state index contributed by atoms with van der Waals surface area (Å²) < 4.78 is 0. The summed E-state index contributed by atoms with van der Waals surface area (Å²) in [5.41, 5.74) is 0. The van der Waals surface area contributed by atoms with Gasteiger partial charge in [-0.3, -0.25) is 0 Å². The molecule has 0 bridgehead atoms. The van der Waals surface area contributed by atoms with E-state index in [1.165, 1.54) is 0 Å². The highest BCUT2D eigenvalue weighted by molar-refractivity contribution is 7.38. The van der Waals surface area contributed by atoms with E-state index in [-0.39, 0.29) is 0 Å². The largest absolute Gasteiger partial charge is 0.508 e. The molecule has 5 nitrogen and oxygen atoms in total. The molecule has 0 fully saturated rings. The highest BCUT2D eigenvalue weighted by atomic mass is 31.2. The maximum Gasteiger partial charge on any atom is 0.324 e. The molecule has 0 radical (unpaired) electrons. The number of hydrogen-bond donors (Lipinski definition) is 5. The van der Waals surface area contributed by atoms with Crippen molar-refractivity contribution < 1.29 is 24.9 Å². The van der Waals surface area contributed by atoms with Crippen LogP contribution in [0.4, 0.5) is 0 Å². The van der Waals surface area contributed by atoms with Crippen LogP contribution in [0, 0.1) is 0 Å². The van der Waals surface area contributed by atoms with Gasteiger partial charge in [-0.05, 0) is 24.3 Å². The summed E-state index contributed by atoms with van der Waals surface area (Å²) in [4.78, 5) is 21.7. The quantitative estimate of drug-likeness (QED) is 0.471. The smallest absolute Gasteiger partial charge is 0.324 e. The Balaban J connectivity index is 0.000000253. The zero-order chi connectivity index (χ0) is 13.8. The summed E-state index contributed by atoms with van der Waals surface area (Å²) in [6.45, 7) is 0. The fraction of sp³-hybridized carbons (Fsp3) is 0. The van der Waals surface area contributed by atoms with E-state index < -0.39 is 8.60 Å². The van der Waals surface area contributed by atoms with Gasteiger partial charge in [0.25, 0.3) is 0 Å². The molecule has 0 atom stereocenters. The summed E-state index contributed by atoms with van der Waals surface area (Å²) in [5, 5.41) is 17.3. The molecule has 0 spiro atoms. The lowest BCUT2D eigenvalue weighted by molar-refractivity contribution is 0.368. The van der Waals surface area contributed by atoms with E-state index in [9.17, 15) is 0 Å². The van der Waals surface area contributed by atoms with Crippen molar-refractivity contribution in [2.45, 2.75) is 0 Å². The van der Waals surface area contributed by atoms with Crippen molar-refractivity contribution in [2.75, 3.05) is 0 Å². The molecule has 2 aromatic carbocycles. The summed E-state index contributed by atoms with van der Waals surface area (Å²) >= 11 is 0. The number of rotatable bonds is 0. The molecular weight excluding hydrogens is 255 g/mol. The van der Waals surface area contributed by atoms with Gasteiger partial charge < -0.3 is 24.9 Å². The third kappa shape index (κ3) is 12.4. The molecule has 0 aliphatic heterocycles. The Morgan fingerprint density at radius 2 is 0.778 bits per heavy atom. The SMILES string of the molecule is OP(O)O.Oc1ccccc1.Oc1ccccc1. The maximum absolute atomic E-state index is 8.63. The van der Waals surface area contributed by atoms with Crippen LogP contribution in [-0.4, -0.2) is 24.9 Å². The number of phenolic OH excluding ortho intramolecular Hbond substituents is 2. The zero-order valence-electron chi connectivity index (χ0n) is 9.46. The molecule has 2 rings (SSSR count). The average Bonchev–Trinajstić information content (AvgIpc) is 2.31. The Bertz CT molecular complexity index is 353. The molecule has 0 aliphatic carbocycles. The van der Waals surface area contributed by atoms with Crippen LogP contribution in [0.1, 0.15) is 0 Å². The number of para-hydroxylation sites is 2. The van der Waals surface area contributed by atoms with Crippen LogP contribution < -0.4 is 0 Å². The summed E-state index contributed by atoms with van der Waals surface area (Å²) in [5.74, 6) is 0.644. The number of hydrogen-bond acceptors (Lipinski definition) is 5. The lowest BCUT2D eigenvalue weighted by Crippen LogP contribution is -1.56. The van der Waals surface area contributed by atoms with Gasteiger partial charge in [-0.15, -0.1) is 0 Å². The first-order valence-corrected chi connectivity index (χ1v) is 6.07. The molecule has 0 saturated heterocycles. The molecule has 5 N–H and O–H groups in total. The van der Waals surface area contributed by atoms with Crippen molar-refractivity contribution >= 4 is 8.60 Å². The first kappa shape index (κ1) is 16.4. The predicted molar refractivity (Wildman–Crippen MR) is 69.8 cm³/mol. The van der Waals surface area contributed by atoms with Crippen LogP contribution >= 0.6 is 8.60 Å². The predicted octanol–water partition coefficient (Wildman–Crippen LogP) is 1.97. The van der Waals surface area contributed by atoms with Crippen molar-refractivity contribution in [3.63, 3.8) is 0 Å². The topological polar surface area (TPSA) is 101 Å². The second kappa shape index (κ2) is 10.5. The van der Waals surface area contributed by atoms with E-state index in [0.717, 1.165) is 0 Å². The van der Waals surface area contributed by atoms with E-state index in [2.05, 4.69) is 0 Å². The van der Waals surface area contributed by atoms with Crippen LogP contribution in [0.25, 0.3) is 0 Å². The fourth-order valence-corrected chi connectivity index (χ4v) is 0.856. The van der Waals surface area contributed by atoms with E-state index in [0.29, 0.717) is 11.5 Å². The van der Waals surface area contributed by atoms with Gasteiger partial charge in [-0.25, -0.2) is 0 Å². The Hall–Kier alpha value is -1.65. The number of phenols is 2. The molecule has 0 saturated carbocycles. The fourth-order valence-electron chi connectivity index (χ4n) is 0.856. The monoisotopic (exact) mass is 270 g/mol. The summed E-state index contributed by atoms with van der Waals surface area (Å²) in [6, 6.07) is 17.4. The molecule has 0 heterocycles. The van der Waals surface area contributed by atoms with Crippen molar-refractivity contribution in [3.05, 3.63) is 60.7 Å². The maximum atomic E-state index is 8.63. The lowest BCUT2D eigenvalue weighted by atomic mass is 10.3. The molecular formula is C12H15O5P. The van der Waals surface area contributed by atoms with E-state index in [1.54, 1.807) is 48.5 Å². The molecule has 2 aromatic rings. The molecule has 0 unspecified atom stereocenters. The lowest BCUT2D eigenvalue weighted by Gasteiger charge is -1.82. The van der Waals surface area contributed by atoms with Crippen LogP contribution in [0.5, 0.6) is 11.5 Å². The van der Waals surface area contributed by atoms with E-state index in [1.807, 2.05) is 12.1 Å². The van der Waals surface area contributed by atoms with Gasteiger partial charge in [0.1, 0.15) is 11.5 Å². The van der Waals surface area contributed by atoms with Gasteiger partial charge >= 0.3 is 8.60 Å². The van der Waals surface area contributed by atoms with Crippen LogP contribution in [0.15, 0.2) is 60.7 Å². The second-order valence-corrected chi connectivity index (χ2v) is 3.48. The van der Waals surface area contributed by atoms with Crippen LogP contribution in [-0.2, 0) is 0 Å². The van der Waals surface area contributed by atoms with E-state index in [4.69, 9.17) is 24.9 Å². The Morgan fingerprint density at radius 3 is 0.889 bits per heavy atom. The van der Waals surface area contributed by atoms with E-state index >= 15 is 0 Å². The summed E-state index contributed by atoms with van der Waals surface area (Å²) in [7, 11) is -2.62. The van der Waals surface area contributed by atoms with Crippen molar-refractivity contribution in [2.24, 2.45) is 0 Å². The van der Waals surface area contributed by atoms with Gasteiger partial charge in [-0.2, -0.15) is 0 Å². The highest BCUT2D eigenvalue weighted by Gasteiger charge is 1.76. The normalized spacial score (nSPS) is 8.67. The standard InChI is InChI=1S/2C6H6O.H3O3P/c2*7-6-4-2-1-3-5-6;1-4(2)3/h2*1-5,7H;1-3H. The Labute approximate surface area is 106 Å². The molecule has 98 valence electrons. The number of aromatic hydroxyl groups is 2. The third-order valence-electron chi connectivity index (χ3n) is 1.51. The van der Waals surface area contributed by atoms with Crippen molar-refractivity contribution in [3.8, 4) is 11.5 Å². The highest BCUT2D eigenvalue weighted by Crippen LogP contribution is 2.11. The van der Waals surface area contributed by atoms with Gasteiger partial charge in [0.2, 0.25) is 0 Å². The van der Waals surface area contributed by atoms with Crippen LogP contribution in [0.3, 0.4) is 0 Å². The average molecular weight is 270 g/mol. The molecule has 6 heteroatoms. The first-order valence-electron chi connectivity index (χ1n) is 4.87. The summed E-state index contributed by atoms with van der Waals surface area (Å²) in [6.07, 6.45) is 0. The Kier molecular flexibility index (Phi) is 9.54. The minimum Gasteiger partial charge on any atom is -0.508 e. The molecule has 0 aromatic heterocycles. The minimum atomic E-state index is -2.62. The van der Waals surface area contributed by atoms with Gasteiger partial charge in [0.05, 0.1) is 0 Å². The van der Waals surface area contributed by atoms with Gasteiger partial charge in [0.15, 0.2) is 0 Å². The Morgan fingerprint density at radius 1 is 0.556 bits per heavy atom. The van der Waals surface area contributed by atoms with Crippen LogP contribution in [0.2, 0.25) is 0 Å². The molecule has 0 amide bonds.